The van der Waals surface area contributed by atoms with Gasteiger partial charge in [0.05, 0.1) is 24.9 Å². The first kappa shape index (κ1) is 17.4. The number of hydrogen-bond donors (Lipinski definition) is 1. The summed E-state index contributed by atoms with van der Waals surface area (Å²) in [6.45, 7) is 2.57. The number of hydrogen-bond acceptors (Lipinski definition) is 6. The van der Waals surface area contributed by atoms with E-state index in [0.29, 0.717) is 19.4 Å². The molecule has 20 heavy (non-hydrogen) atoms. The van der Waals surface area contributed by atoms with E-state index in [1.807, 2.05) is 0 Å². The second kappa shape index (κ2) is 7.92. The highest BCUT2D eigenvalue weighted by atomic mass is 32.2. The molecule has 2 atom stereocenters. The van der Waals surface area contributed by atoms with E-state index in [-0.39, 0.29) is 37.5 Å². The molecular formula is C12H24N2O5S. The molecule has 0 aromatic heterocycles. The van der Waals surface area contributed by atoms with Crippen LogP contribution >= 0.6 is 0 Å². The first-order chi connectivity index (χ1) is 9.44. The summed E-state index contributed by atoms with van der Waals surface area (Å²) in [4.78, 5) is 11.3. The summed E-state index contributed by atoms with van der Waals surface area (Å²) < 4.78 is 36.0. The lowest BCUT2D eigenvalue weighted by molar-refractivity contribution is -0.142. The molecule has 0 spiro atoms. The molecule has 0 bridgehead atoms. The number of carbonyl (C=O) groups is 1. The number of carbonyl (C=O) groups excluding carboxylic acids is 1. The highest BCUT2D eigenvalue weighted by Crippen LogP contribution is 2.22. The van der Waals surface area contributed by atoms with Crippen molar-refractivity contribution in [1.29, 1.82) is 0 Å². The van der Waals surface area contributed by atoms with Crippen LogP contribution in [0.2, 0.25) is 0 Å². The number of ether oxygens (including phenoxy) is 2. The van der Waals surface area contributed by atoms with Crippen molar-refractivity contribution in [3.05, 3.63) is 0 Å². The fourth-order valence-electron chi connectivity index (χ4n) is 2.35. The van der Waals surface area contributed by atoms with Crippen LogP contribution < -0.4 is 5.73 Å². The lowest BCUT2D eigenvalue weighted by Crippen LogP contribution is -2.51. The van der Waals surface area contributed by atoms with Crippen molar-refractivity contribution in [3.8, 4) is 0 Å². The fourth-order valence-corrected chi connectivity index (χ4v) is 4.02. The summed E-state index contributed by atoms with van der Waals surface area (Å²) in [6, 6.07) is -0.263. The summed E-state index contributed by atoms with van der Waals surface area (Å²) in [7, 11) is -1.88. The largest absolute Gasteiger partial charge is 0.466 e. The number of rotatable bonds is 7. The Hall–Kier alpha value is -0.700. The fraction of sp³-hybridized carbons (Fsp3) is 0.917. The molecule has 0 aromatic rings. The number of piperidine rings is 1. The third-order valence-corrected chi connectivity index (χ3v) is 5.36. The van der Waals surface area contributed by atoms with Crippen molar-refractivity contribution in [1.82, 2.24) is 4.31 Å². The van der Waals surface area contributed by atoms with E-state index in [1.165, 1.54) is 4.31 Å². The van der Waals surface area contributed by atoms with Gasteiger partial charge in [0.2, 0.25) is 10.0 Å². The molecule has 0 aromatic carbocycles. The van der Waals surface area contributed by atoms with Crippen LogP contribution in [0.1, 0.15) is 26.2 Å². The second-order valence-corrected chi connectivity index (χ2v) is 6.79. The molecule has 1 heterocycles. The van der Waals surface area contributed by atoms with Crippen molar-refractivity contribution >= 4 is 16.0 Å². The summed E-state index contributed by atoms with van der Waals surface area (Å²) in [5, 5.41) is 0. The van der Waals surface area contributed by atoms with Crippen molar-refractivity contribution in [2.45, 2.75) is 38.3 Å². The van der Waals surface area contributed by atoms with Gasteiger partial charge in [-0.25, -0.2) is 8.42 Å². The summed E-state index contributed by atoms with van der Waals surface area (Å²) in [5.41, 5.74) is 5.66. The minimum atomic E-state index is -3.49. The number of esters is 1. The highest BCUT2D eigenvalue weighted by molar-refractivity contribution is 7.89. The molecule has 1 rings (SSSR count). The van der Waals surface area contributed by atoms with E-state index >= 15 is 0 Å². The lowest BCUT2D eigenvalue weighted by Gasteiger charge is -2.37. The molecule has 8 heteroatoms. The number of nitrogens with two attached hydrogens (primary N) is 1. The zero-order valence-electron chi connectivity index (χ0n) is 12.1. The zero-order valence-corrected chi connectivity index (χ0v) is 12.9. The van der Waals surface area contributed by atoms with E-state index in [0.717, 1.165) is 0 Å². The monoisotopic (exact) mass is 308 g/mol. The lowest BCUT2D eigenvalue weighted by atomic mass is 10.0. The predicted molar refractivity (Wildman–Crippen MR) is 74.6 cm³/mol. The average molecular weight is 308 g/mol. The predicted octanol–water partition coefficient (Wildman–Crippen LogP) is -0.292. The molecule has 1 saturated heterocycles. The standard InChI is InChI=1S/C12H24N2O5S/c1-3-19-12(15)5-7-20(16,17)14-6-4-11(18-2)8-10(14)9-13/h10-11H,3-9,13H2,1-2H3. The minimum Gasteiger partial charge on any atom is -0.466 e. The Balaban J connectivity index is 2.63. The Morgan fingerprint density at radius 3 is 2.70 bits per heavy atom. The van der Waals surface area contributed by atoms with E-state index in [2.05, 4.69) is 0 Å². The maximum Gasteiger partial charge on any atom is 0.306 e. The van der Waals surface area contributed by atoms with Crippen LogP contribution in [0.5, 0.6) is 0 Å². The van der Waals surface area contributed by atoms with E-state index in [1.54, 1.807) is 14.0 Å². The number of methoxy groups -OCH3 is 1. The Bertz CT molecular complexity index is 412. The van der Waals surface area contributed by atoms with Gasteiger partial charge in [0.25, 0.3) is 0 Å². The van der Waals surface area contributed by atoms with Crippen LogP contribution in [0.15, 0.2) is 0 Å². The Morgan fingerprint density at radius 1 is 1.45 bits per heavy atom. The molecule has 118 valence electrons. The molecule has 7 nitrogen and oxygen atoms in total. The molecule has 1 aliphatic rings. The minimum absolute atomic E-state index is 0.0417. The summed E-state index contributed by atoms with van der Waals surface area (Å²) in [6.07, 6.45) is 1.15. The molecule has 0 amide bonds. The van der Waals surface area contributed by atoms with Crippen molar-refractivity contribution in [2.75, 3.05) is 32.6 Å². The van der Waals surface area contributed by atoms with Crippen LogP contribution in [-0.4, -0.2) is 63.4 Å². The van der Waals surface area contributed by atoms with Gasteiger partial charge in [-0.15, -0.1) is 0 Å². The molecule has 2 unspecified atom stereocenters. The molecule has 0 saturated carbocycles. The van der Waals surface area contributed by atoms with Gasteiger partial charge in [-0.3, -0.25) is 4.79 Å². The van der Waals surface area contributed by atoms with Crippen molar-refractivity contribution in [3.63, 3.8) is 0 Å². The van der Waals surface area contributed by atoms with Gasteiger partial charge in [0, 0.05) is 26.2 Å². The SMILES string of the molecule is CCOC(=O)CCS(=O)(=O)N1CCC(OC)CC1CN. The van der Waals surface area contributed by atoms with Gasteiger partial charge in [0.15, 0.2) is 0 Å². The third kappa shape index (κ3) is 4.69. The van der Waals surface area contributed by atoms with Gasteiger partial charge in [-0.05, 0) is 19.8 Å². The number of sulfonamides is 1. The van der Waals surface area contributed by atoms with Crippen LogP contribution in [0, 0.1) is 0 Å². The van der Waals surface area contributed by atoms with Crippen LogP contribution in [0.3, 0.4) is 0 Å². The number of nitrogens with zero attached hydrogens (tertiary/aromatic N) is 1. The molecule has 1 fully saturated rings. The average Bonchev–Trinajstić information content (AvgIpc) is 2.44. The van der Waals surface area contributed by atoms with Gasteiger partial charge in [-0.1, -0.05) is 0 Å². The Kier molecular flexibility index (Phi) is 6.87. The van der Waals surface area contributed by atoms with E-state index < -0.39 is 16.0 Å². The maximum atomic E-state index is 12.3. The summed E-state index contributed by atoms with van der Waals surface area (Å²) in [5.74, 6) is -0.730. The van der Waals surface area contributed by atoms with Gasteiger partial charge < -0.3 is 15.2 Å². The smallest absolute Gasteiger partial charge is 0.306 e. The van der Waals surface area contributed by atoms with Gasteiger partial charge >= 0.3 is 5.97 Å². The van der Waals surface area contributed by atoms with Crippen LogP contribution in [0.4, 0.5) is 0 Å². The second-order valence-electron chi connectivity index (χ2n) is 4.75. The van der Waals surface area contributed by atoms with Crippen molar-refractivity contribution < 1.29 is 22.7 Å². The topological polar surface area (TPSA) is 98.9 Å². The Labute approximate surface area is 120 Å². The van der Waals surface area contributed by atoms with Crippen molar-refractivity contribution in [2.24, 2.45) is 5.73 Å². The van der Waals surface area contributed by atoms with E-state index in [9.17, 15) is 13.2 Å². The first-order valence-corrected chi connectivity index (χ1v) is 8.43. The molecule has 0 radical (unpaired) electrons. The van der Waals surface area contributed by atoms with Gasteiger partial charge in [-0.2, -0.15) is 4.31 Å². The maximum absolute atomic E-state index is 12.3. The quantitative estimate of drug-likeness (QED) is 0.649. The normalized spacial score (nSPS) is 24.6. The zero-order chi connectivity index (χ0) is 15.2. The van der Waals surface area contributed by atoms with Crippen LogP contribution in [-0.2, 0) is 24.3 Å². The summed E-state index contributed by atoms with van der Waals surface area (Å²) >= 11 is 0. The highest BCUT2D eigenvalue weighted by Gasteiger charge is 2.35. The molecule has 2 N–H and O–H groups in total. The molecular weight excluding hydrogens is 284 g/mol. The van der Waals surface area contributed by atoms with Crippen LogP contribution in [0.25, 0.3) is 0 Å². The third-order valence-electron chi connectivity index (χ3n) is 3.45. The van der Waals surface area contributed by atoms with E-state index in [4.69, 9.17) is 15.2 Å². The Morgan fingerprint density at radius 2 is 2.15 bits per heavy atom. The molecule has 1 aliphatic heterocycles. The van der Waals surface area contributed by atoms with Gasteiger partial charge in [0.1, 0.15) is 0 Å². The molecule has 0 aliphatic carbocycles. The first-order valence-electron chi connectivity index (χ1n) is 6.82.